The lowest BCUT2D eigenvalue weighted by Gasteiger charge is -1.99. The molecule has 1 unspecified atom stereocenters. The van der Waals surface area contributed by atoms with Gasteiger partial charge in [-0.2, -0.15) is 0 Å². The zero-order chi connectivity index (χ0) is 15.1. The van der Waals surface area contributed by atoms with Gasteiger partial charge in [0, 0.05) is 6.92 Å². The molecule has 1 heterocycles. The second-order valence-corrected chi connectivity index (χ2v) is 4.53. The van der Waals surface area contributed by atoms with Crippen LogP contribution in [0.3, 0.4) is 0 Å². The molecule has 3 heteroatoms. The molecule has 1 atom stereocenters. The van der Waals surface area contributed by atoms with Gasteiger partial charge in [0.2, 0.25) is 0 Å². The fraction of sp³-hybridized carbons (Fsp3) is 0.111. The monoisotopic (exact) mass is 279 g/mol. The van der Waals surface area contributed by atoms with Crippen LogP contribution in [0, 0.1) is 0 Å². The summed E-state index contributed by atoms with van der Waals surface area (Å²) in [7, 11) is 0. The maximum absolute atomic E-state index is 10.1. The predicted molar refractivity (Wildman–Crippen MR) is 85.1 cm³/mol. The molecule has 21 heavy (non-hydrogen) atoms. The van der Waals surface area contributed by atoms with Gasteiger partial charge in [0.25, 0.3) is 0 Å². The first-order valence-corrected chi connectivity index (χ1v) is 6.67. The highest BCUT2D eigenvalue weighted by Gasteiger charge is 2.19. The van der Waals surface area contributed by atoms with Crippen LogP contribution >= 0.6 is 0 Å². The highest BCUT2D eigenvalue weighted by atomic mass is 16.5. The highest BCUT2D eigenvalue weighted by Crippen LogP contribution is 2.17. The molecule has 2 aromatic carbocycles. The van der Waals surface area contributed by atoms with E-state index in [-0.39, 0.29) is 0 Å². The fourth-order valence-corrected chi connectivity index (χ4v) is 1.91. The van der Waals surface area contributed by atoms with Crippen molar-refractivity contribution in [3.63, 3.8) is 0 Å². The summed E-state index contributed by atoms with van der Waals surface area (Å²) in [6.45, 7) is 5.20. The quantitative estimate of drug-likeness (QED) is 0.783. The Morgan fingerprint density at radius 3 is 1.76 bits per heavy atom. The van der Waals surface area contributed by atoms with Crippen molar-refractivity contribution in [1.29, 1.82) is 0 Å². The van der Waals surface area contributed by atoms with Gasteiger partial charge in [-0.05, 0) is 11.1 Å². The summed E-state index contributed by atoms with van der Waals surface area (Å²) in [4.78, 5) is 13.9. The van der Waals surface area contributed by atoms with Crippen molar-refractivity contribution in [2.24, 2.45) is 4.99 Å². The number of carbonyl (C=O) groups excluding carboxylic acids is 1. The van der Waals surface area contributed by atoms with Gasteiger partial charge >= 0.3 is 0 Å². The summed E-state index contributed by atoms with van der Waals surface area (Å²) in [5.41, 5.74) is 3.04. The van der Waals surface area contributed by atoms with Crippen molar-refractivity contribution in [2.45, 2.75) is 13.0 Å². The van der Waals surface area contributed by atoms with Gasteiger partial charge in [-0.15, -0.1) is 0 Å². The number of ether oxygens (including phenoxy) is 1. The van der Waals surface area contributed by atoms with Crippen LogP contribution in [0.25, 0.3) is 11.1 Å². The molecule has 2 aromatic rings. The Morgan fingerprint density at radius 2 is 1.48 bits per heavy atom. The first-order valence-electron chi connectivity index (χ1n) is 6.67. The average Bonchev–Trinajstić information content (AvgIpc) is 2.87. The molecule has 0 spiro atoms. The number of aliphatic imine (C=N–C) groups is 1. The lowest BCUT2D eigenvalue weighted by molar-refractivity contribution is -0.112. The first kappa shape index (κ1) is 14.7. The molecule has 0 N–H and O–H groups in total. The molecule has 0 saturated heterocycles. The van der Waals surface area contributed by atoms with Crippen LogP contribution in [0.1, 0.15) is 6.92 Å². The van der Waals surface area contributed by atoms with Gasteiger partial charge in [0.15, 0.2) is 18.3 Å². The lowest BCUT2D eigenvalue weighted by atomic mass is 10.1. The van der Waals surface area contributed by atoms with Crippen LogP contribution in [0.5, 0.6) is 0 Å². The van der Waals surface area contributed by atoms with E-state index in [1.807, 2.05) is 12.1 Å². The largest absolute Gasteiger partial charge is 0.464 e. The van der Waals surface area contributed by atoms with Crippen LogP contribution in [-0.4, -0.2) is 18.3 Å². The normalized spacial score (nSPS) is 16.3. The summed E-state index contributed by atoms with van der Waals surface area (Å²) in [5.74, 6) is 0.511. The first-order chi connectivity index (χ1) is 10.2. The third kappa shape index (κ3) is 4.14. The van der Waals surface area contributed by atoms with Gasteiger partial charge < -0.3 is 4.74 Å². The van der Waals surface area contributed by atoms with Crippen LogP contribution in [0.15, 0.2) is 77.9 Å². The number of nitrogens with zero attached hydrogens (tertiary/aromatic N) is 1. The highest BCUT2D eigenvalue weighted by molar-refractivity contribution is 5.81. The molecule has 0 fully saturated rings. The molecule has 0 saturated carbocycles. The summed E-state index contributed by atoms with van der Waals surface area (Å²) in [6.07, 6.45) is 0.146. The second kappa shape index (κ2) is 7.20. The topological polar surface area (TPSA) is 38.7 Å². The van der Waals surface area contributed by atoms with E-state index in [9.17, 15) is 4.79 Å². The van der Waals surface area contributed by atoms with Crippen LogP contribution < -0.4 is 0 Å². The minimum atomic E-state index is -0.537. The molecule has 0 radical (unpaired) electrons. The Morgan fingerprint density at radius 1 is 1.00 bits per heavy atom. The third-order valence-corrected chi connectivity index (χ3v) is 2.93. The number of hydrogen-bond acceptors (Lipinski definition) is 3. The maximum atomic E-state index is 10.1. The van der Waals surface area contributed by atoms with Crippen LogP contribution in [0.2, 0.25) is 0 Å². The smallest absolute Gasteiger partial charge is 0.196 e. The standard InChI is InChI=1S/C12H10.C6H7NO2/c1-3-7-11(8-4-1)12-9-5-2-6-10-12;1-4-6(3-8)9-5(2)7-4/h1-10H;3,6H,1H2,2H3. The fourth-order valence-electron chi connectivity index (χ4n) is 1.91. The van der Waals surface area contributed by atoms with Crippen molar-refractivity contribution < 1.29 is 9.53 Å². The molecular formula is C18H17NO2. The molecule has 0 aromatic heterocycles. The van der Waals surface area contributed by atoms with E-state index in [1.54, 1.807) is 6.92 Å². The van der Waals surface area contributed by atoms with E-state index in [4.69, 9.17) is 4.74 Å². The molecule has 3 rings (SSSR count). The van der Waals surface area contributed by atoms with Crippen LogP contribution in [0.4, 0.5) is 0 Å². The zero-order valence-electron chi connectivity index (χ0n) is 11.9. The molecule has 0 bridgehead atoms. The van der Waals surface area contributed by atoms with Gasteiger partial charge in [0.05, 0.1) is 5.70 Å². The Balaban J connectivity index is 0.000000161. The van der Waals surface area contributed by atoms with Gasteiger partial charge in [-0.25, -0.2) is 4.99 Å². The third-order valence-electron chi connectivity index (χ3n) is 2.93. The molecule has 0 aliphatic carbocycles. The van der Waals surface area contributed by atoms with Crippen LogP contribution in [-0.2, 0) is 9.53 Å². The minimum absolute atomic E-state index is 0.488. The van der Waals surface area contributed by atoms with Crippen molar-refractivity contribution in [3.8, 4) is 11.1 Å². The Hall–Kier alpha value is -2.68. The summed E-state index contributed by atoms with van der Waals surface area (Å²) in [5, 5.41) is 0. The number of carbonyl (C=O) groups is 1. The summed E-state index contributed by atoms with van der Waals surface area (Å²) >= 11 is 0. The molecule has 1 aliphatic rings. The van der Waals surface area contributed by atoms with Gasteiger partial charge in [-0.1, -0.05) is 67.2 Å². The molecule has 3 nitrogen and oxygen atoms in total. The molecular weight excluding hydrogens is 262 g/mol. The number of benzene rings is 2. The zero-order valence-corrected chi connectivity index (χ0v) is 11.9. The molecule has 1 aliphatic heterocycles. The van der Waals surface area contributed by atoms with Crippen molar-refractivity contribution >= 4 is 12.2 Å². The molecule has 0 amide bonds. The van der Waals surface area contributed by atoms with E-state index in [0.717, 1.165) is 0 Å². The van der Waals surface area contributed by atoms with E-state index in [2.05, 4.69) is 60.1 Å². The predicted octanol–water partition coefficient (Wildman–Crippen LogP) is 3.87. The second-order valence-electron chi connectivity index (χ2n) is 4.53. The van der Waals surface area contributed by atoms with Gasteiger partial charge in [0.1, 0.15) is 0 Å². The maximum Gasteiger partial charge on any atom is 0.196 e. The van der Waals surface area contributed by atoms with Gasteiger partial charge in [-0.3, -0.25) is 4.79 Å². The van der Waals surface area contributed by atoms with E-state index in [1.165, 1.54) is 11.1 Å². The van der Waals surface area contributed by atoms with Crippen molar-refractivity contribution in [2.75, 3.05) is 0 Å². The van der Waals surface area contributed by atoms with Crippen molar-refractivity contribution in [1.82, 2.24) is 0 Å². The Kier molecular flexibility index (Phi) is 5.04. The molecule has 106 valence electrons. The average molecular weight is 279 g/mol. The number of hydrogen-bond donors (Lipinski definition) is 0. The van der Waals surface area contributed by atoms with E-state index < -0.39 is 6.10 Å². The Bertz CT molecular complexity index is 595. The summed E-state index contributed by atoms with van der Waals surface area (Å²) in [6, 6.07) is 20.8. The van der Waals surface area contributed by atoms with E-state index in [0.29, 0.717) is 17.9 Å². The van der Waals surface area contributed by atoms with E-state index >= 15 is 0 Å². The SMILES string of the molecule is C=C1N=C(C)OC1C=O.c1ccc(-c2ccccc2)cc1. The summed E-state index contributed by atoms with van der Waals surface area (Å²) < 4.78 is 4.91. The minimum Gasteiger partial charge on any atom is -0.464 e. The lowest BCUT2D eigenvalue weighted by Crippen LogP contribution is -2.10. The Labute approximate surface area is 124 Å². The number of rotatable bonds is 2. The number of aldehydes is 1. The van der Waals surface area contributed by atoms with Crippen molar-refractivity contribution in [3.05, 3.63) is 72.9 Å².